The zero-order valence-corrected chi connectivity index (χ0v) is 12.8. The molecule has 4 nitrogen and oxygen atoms in total. The molecule has 0 amide bonds. The third-order valence-electron chi connectivity index (χ3n) is 3.77. The fourth-order valence-corrected chi connectivity index (χ4v) is 2.45. The highest BCUT2D eigenvalue weighted by atomic mass is 35.5. The van der Waals surface area contributed by atoms with E-state index in [2.05, 4.69) is 10.3 Å². The molecule has 1 aliphatic rings. The van der Waals surface area contributed by atoms with Crippen molar-refractivity contribution in [2.45, 2.75) is 31.4 Å². The van der Waals surface area contributed by atoms with Crippen LogP contribution >= 0.6 is 11.6 Å². The topological polar surface area (TPSA) is 47.9 Å². The quantitative estimate of drug-likeness (QED) is 0.662. The molecule has 1 saturated carbocycles. The molecular weight excluding hydrogens is 274 g/mol. The first kappa shape index (κ1) is 15.1. The van der Waals surface area contributed by atoms with Crippen LogP contribution in [0, 0.1) is 0 Å². The number of nitrogens with zero attached hydrogens (tertiary/aromatic N) is 2. The fraction of sp³-hybridized carbons (Fsp3) is 0.533. The van der Waals surface area contributed by atoms with Crippen LogP contribution in [0.15, 0.2) is 29.3 Å². The molecular formula is C15H22ClN3O. The summed E-state index contributed by atoms with van der Waals surface area (Å²) in [5.41, 5.74) is 0.624. The Balaban J connectivity index is 1.88. The zero-order valence-electron chi connectivity index (χ0n) is 12.1. The van der Waals surface area contributed by atoms with Crippen LogP contribution in [0.4, 0.5) is 0 Å². The van der Waals surface area contributed by atoms with Gasteiger partial charge in [0.05, 0.1) is 5.60 Å². The minimum absolute atomic E-state index is 0.545. The number of guanidine groups is 1. The first-order valence-electron chi connectivity index (χ1n) is 6.91. The number of halogens is 1. The van der Waals surface area contributed by atoms with Crippen molar-refractivity contribution < 1.29 is 5.11 Å². The number of hydrogen-bond acceptors (Lipinski definition) is 2. The van der Waals surface area contributed by atoms with Crippen molar-refractivity contribution in [2.75, 3.05) is 20.6 Å². The molecule has 0 spiro atoms. The summed E-state index contributed by atoms with van der Waals surface area (Å²) in [6.07, 6.45) is 2.85. The van der Waals surface area contributed by atoms with Crippen molar-refractivity contribution in [3.8, 4) is 0 Å². The van der Waals surface area contributed by atoms with Crippen molar-refractivity contribution >= 4 is 17.6 Å². The number of rotatable bonds is 4. The average Bonchev–Trinajstić information content (AvgIpc) is 2.40. The molecule has 1 fully saturated rings. The Labute approximate surface area is 125 Å². The first-order chi connectivity index (χ1) is 9.52. The molecule has 20 heavy (non-hydrogen) atoms. The molecule has 0 heterocycles. The number of aliphatic hydroxyl groups is 1. The smallest absolute Gasteiger partial charge is 0.193 e. The van der Waals surface area contributed by atoms with Gasteiger partial charge in [0, 0.05) is 32.2 Å². The van der Waals surface area contributed by atoms with Crippen molar-refractivity contribution in [1.82, 2.24) is 10.2 Å². The summed E-state index contributed by atoms with van der Waals surface area (Å²) in [6.45, 7) is 1.31. The molecule has 0 aromatic heterocycles. The molecule has 0 saturated heterocycles. The van der Waals surface area contributed by atoms with E-state index < -0.39 is 5.60 Å². The van der Waals surface area contributed by atoms with E-state index in [1.165, 1.54) is 5.56 Å². The van der Waals surface area contributed by atoms with Crippen molar-refractivity contribution in [3.63, 3.8) is 0 Å². The van der Waals surface area contributed by atoms with E-state index in [9.17, 15) is 5.11 Å². The summed E-state index contributed by atoms with van der Waals surface area (Å²) in [4.78, 5) is 6.29. The summed E-state index contributed by atoms with van der Waals surface area (Å²) >= 11 is 5.88. The van der Waals surface area contributed by atoms with E-state index in [1.54, 1.807) is 7.05 Å². The Hall–Kier alpha value is -1.26. The molecule has 0 unspecified atom stereocenters. The van der Waals surface area contributed by atoms with Gasteiger partial charge in [-0.15, -0.1) is 0 Å². The molecule has 1 aromatic rings. The van der Waals surface area contributed by atoms with Crippen molar-refractivity contribution in [1.29, 1.82) is 0 Å². The Bertz CT molecular complexity index is 469. The SMILES string of the molecule is CN=C(NCC1(O)CCC1)N(C)Cc1ccc(Cl)cc1. The van der Waals surface area contributed by atoms with Crippen LogP contribution in [0.1, 0.15) is 24.8 Å². The van der Waals surface area contributed by atoms with Crippen LogP contribution < -0.4 is 5.32 Å². The second-order valence-corrected chi connectivity index (χ2v) is 5.90. The van der Waals surface area contributed by atoms with Gasteiger partial charge >= 0.3 is 0 Å². The van der Waals surface area contributed by atoms with Gasteiger partial charge in [-0.25, -0.2) is 0 Å². The van der Waals surface area contributed by atoms with Gasteiger partial charge in [0.1, 0.15) is 0 Å². The van der Waals surface area contributed by atoms with Crippen molar-refractivity contribution in [3.05, 3.63) is 34.9 Å². The van der Waals surface area contributed by atoms with E-state index in [4.69, 9.17) is 11.6 Å². The monoisotopic (exact) mass is 295 g/mol. The third-order valence-corrected chi connectivity index (χ3v) is 4.02. The fourth-order valence-electron chi connectivity index (χ4n) is 2.33. The maximum atomic E-state index is 10.1. The number of aliphatic imine (C=N–C) groups is 1. The lowest BCUT2D eigenvalue weighted by molar-refractivity contribution is -0.0282. The Morgan fingerprint density at radius 1 is 1.40 bits per heavy atom. The van der Waals surface area contributed by atoms with Gasteiger partial charge in [0.2, 0.25) is 0 Å². The minimum atomic E-state index is -0.545. The lowest BCUT2D eigenvalue weighted by Gasteiger charge is -2.37. The Kier molecular flexibility index (Phi) is 4.89. The minimum Gasteiger partial charge on any atom is -0.388 e. The van der Waals surface area contributed by atoms with E-state index in [-0.39, 0.29) is 0 Å². The van der Waals surface area contributed by atoms with Gasteiger partial charge in [0.25, 0.3) is 0 Å². The summed E-state index contributed by atoms with van der Waals surface area (Å²) in [6, 6.07) is 7.78. The summed E-state index contributed by atoms with van der Waals surface area (Å²) in [5, 5.41) is 14.1. The Morgan fingerprint density at radius 3 is 2.55 bits per heavy atom. The first-order valence-corrected chi connectivity index (χ1v) is 7.29. The lowest BCUT2D eigenvalue weighted by Crippen LogP contribution is -2.50. The van der Waals surface area contributed by atoms with Gasteiger partial charge < -0.3 is 15.3 Å². The summed E-state index contributed by atoms with van der Waals surface area (Å²) < 4.78 is 0. The van der Waals surface area contributed by atoms with Gasteiger partial charge in [-0.1, -0.05) is 23.7 Å². The zero-order chi connectivity index (χ0) is 14.6. The highest BCUT2D eigenvalue weighted by Crippen LogP contribution is 2.30. The molecule has 0 atom stereocenters. The average molecular weight is 296 g/mol. The highest BCUT2D eigenvalue weighted by molar-refractivity contribution is 6.30. The van der Waals surface area contributed by atoms with E-state index >= 15 is 0 Å². The van der Waals surface area contributed by atoms with Crippen LogP contribution in [-0.2, 0) is 6.54 Å². The number of nitrogens with one attached hydrogen (secondary N) is 1. The second-order valence-electron chi connectivity index (χ2n) is 5.46. The van der Waals surface area contributed by atoms with Gasteiger partial charge in [0.15, 0.2) is 5.96 Å². The van der Waals surface area contributed by atoms with Crippen LogP contribution in [0.25, 0.3) is 0 Å². The predicted molar refractivity (Wildman–Crippen MR) is 83.1 cm³/mol. The van der Waals surface area contributed by atoms with Gasteiger partial charge in [-0.05, 0) is 37.0 Å². The summed E-state index contributed by atoms with van der Waals surface area (Å²) in [5.74, 6) is 0.792. The molecule has 0 radical (unpaired) electrons. The highest BCUT2D eigenvalue weighted by Gasteiger charge is 2.34. The molecule has 0 bridgehead atoms. The number of hydrogen-bond donors (Lipinski definition) is 2. The van der Waals surface area contributed by atoms with Crippen LogP contribution in [-0.4, -0.2) is 42.2 Å². The second kappa shape index (κ2) is 6.46. The van der Waals surface area contributed by atoms with Gasteiger partial charge in [-0.2, -0.15) is 0 Å². The predicted octanol–water partition coefficient (Wildman–Crippen LogP) is 2.26. The molecule has 110 valence electrons. The van der Waals surface area contributed by atoms with E-state index in [1.807, 2.05) is 36.2 Å². The van der Waals surface area contributed by atoms with Crippen molar-refractivity contribution in [2.24, 2.45) is 4.99 Å². The maximum absolute atomic E-state index is 10.1. The lowest BCUT2D eigenvalue weighted by atomic mass is 9.80. The Morgan fingerprint density at radius 2 is 2.05 bits per heavy atom. The molecule has 1 aliphatic carbocycles. The normalized spacial score (nSPS) is 17.5. The largest absolute Gasteiger partial charge is 0.388 e. The van der Waals surface area contributed by atoms with Crippen LogP contribution in [0.5, 0.6) is 0 Å². The summed E-state index contributed by atoms with van der Waals surface area (Å²) in [7, 11) is 3.74. The van der Waals surface area contributed by atoms with E-state index in [0.29, 0.717) is 6.54 Å². The molecule has 1 aromatic carbocycles. The maximum Gasteiger partial charge on any atom is 0.193 e. The molecule has 0 aliphatic heterocycles. The van der Waals surface area contributed by atoms with Crippen LogP contribution in [0.3, 0.4) is 0 Å². The number of benzene rings is 1. The van der Waals surface area contributed by atoms with Gasteiger partial charge in [-0.3, -0.25) is 4.99 Å². The van der Waals surface area contributed by atoms with Crippen LogP contribution in [0.2, 0.25) is 5.02 Å². The standard InChI is InChI=1S/C15H22ClN3O/c1-17-14(18-11-15(20)8-3-9-15)19(2)10-12-4-6-13(16)7-5-12/h4-7,20H,3,8-11H2,1-2H3,(H,17,18). The molecule has 2 N–H and O–H groups in total. The van der Waals surface area contributed by atoms with E-state index in [0.717, 1.165) is 36.8 Å². The molecule has 5 heteroatoms. The molecule has 2 rings (SSSR count). The third kappa shape index (κ3) is 3.87.